The van der Waals surface area contributed by atoms with Gasteiger partial charge in [-0.2, -0.15) is 0 Å². The quantitative estimate of drug-likeness (QED) is 0.0988. The summed E-state index contributed by atoms with van der Waals surface area (Å²) >= 11 is 0. The van der Waals surface area contributed by atoms with E-state index in [2.05, 4.69) is 0 Å². The molecule has 0 aliphatic carbocycles. The lowest BCUT2D eigenvalue weighted by Crippen LogP contribution is -2.60. The number of aliphatic hydroxyl groups excluding tert-OH is 11. The van der Waals surface area contributed by atoms with Gasteiger partial charge >= 0.3 is 0 Å². The molecule has 3 rings (SSSR count). The Morgan fingerprint density at radius 3 is 1.17 bits per heavy atom. The summed E-state index contributed by atoms with van der Waals surface area (Å²) in [7, 11) is 0. The molecular formula is C24H44O17. The van der Waals surface area contributed by atoms with E-state index >= 15 is 0 Å². The molecule has 41 heavy (non-hydrogen) atoms. The Labute approximate surface area is 236 Å². The average Bonchev–Trinajstić information content (AvgIpc) is 2.96. The van der Waals surface area contributed by atoms with Gasteiger partial charge < -0.3 is 84.6 Å². The first kappa shape index (κ1) is 34.8. The van der Waals surface area contributed by atoms with Crippen molar-refractivity contribution in [3.8, 4) is 0 Å². The van der Waals surface area contributed by atoms with Gasteiger partial charge in [-0.15, -0.1) is 0 Å². The van der Waals surface area contributed by atoms with E-state index in [1.165, 1.54) is 0 Å². The highest BCUT2D eigenvalue weighted by Crippen LogP contribution is 2.31. The SMILES string of the molecule is CC1C(O)[C@H](O)C(CO)O[C@@H]1OCC(C)(CO[C@H]1OC(CO)[C@@H](O)C(O)C1O)CO[C@H]1OC(CO)[C@@H](O)C(O)C1O. The van der Waals surface area contributed by atoms with E-state index in [0.717, 1.165) is 0 Å². The summed E-state index contributed by atoms with van der Waals surface area (Å²) in [5, 5.41) is 110. The number of rotatable bonds is 12. The van der Waals surface area contributed by atoms with Crippen molar-refractivity contribution in [1.29, 1.82) is 0 Å². The van der Waals surface area contributed by atoms with E-state index in [-0.39, 0.29) is 19.8 Å². The monoisotopic (exact) mass is 604 g/mol. The van der Waals surface area contributed by atoms with Crippen LogP contribution in [0.15, 0.2) is 0 Å². The van der Waals surface area contributed by atoms with E-state index in [0.29, 0.717) is 0 Å². The third-order valence-corrected chi connectivity index (χ3v) is 7.67. The molecule has 0 aromatic heterocycles. The maximum Gasteiger partial charge on any atom is 0.186 e. The summed E-state index contributed by atoms with van der Waals surface area (Å²) in [5.41, 5.74) is -1.23. The number of aliphatic hydroxyl groups is 11. The number of hydrogen-bond acceptors (Lipinski definition) is 17. The fourth-order valence-electron chi connectivity index (χ4n) is 4.80. The lowest BCUT2D eigenvalue weighted by atomic mass is 9.91. The van der Waals surface area contributed by atoms with Crippen LogP contribution in [0.4, 0.5) is 0 Å². The van der Waals surface area contributed by atoms with Crippen molar-refractivity contribution in [3.05, 3.63) is 0 Å². The highest BCUT2D eigenvalue weighted by atomic mass is 16.7. The van der Waals surface area contributed by atoms with Gasteiger partial charge in [0.25, 0.3) is 0 Å². The summed E-state index contributed by atoms with van der Waals surface area (Å²) in [6, 6.07) is 0. The van der Waals surface area contributed by atoms with Gasteiger partial charge in [0.05, 0.1) is 45.7 Å². The summed E-state index contributed by atoms with van der Waals surface area (Å²) < 4.78 is 33.6. The molecule has 3 saturated heterocycles. The molecule has 17 heteroatoms. The second kappa shape index (κ2) is 14.9. The zero-order valence-electron chi connectivity index (χ0n) is 22.8. The van der Waals surface area contributed by atoms with Gasteiger partial charge in [0, 0.05) is 11.3 Å². The Hall–Kier alpha value is -0.680. The Bertz CT molecular complexity index is 687. The van der Waals surface area contributed by atoms with E-state index in [4.69, 9.17) is 28.4 Å². The largest absolute Gasteiger partial charge is 0.394 e. The standard InChI is InChI=1S/C24H44O17/c1-9-13(28)14(29)10(3-25)39-21(9)36-6-24(2,7-37-22-19(34)17(32)15(30)11(4-26)40-22)8-38-23-20(35)18(33)16(31)12(5-27)41-23/h9-23,25-35H,3-8H2,1-2H3/t9?,10?,11?,12?,13?,14-,15-,16-,17?,18?,19?,20?,21+,22+,23+,24?/m1/s1. The van der Waals surface area contributed by atoms with Crippen LogP contribution in [0.25, 0.3) is 0 Å². The molecule has 0 spiro atoms. The molecule has 9 unspecified atom stereocenters. The molecule has 17 nitrogen and oxygen atoms in total. The van der Waals surface area contributed by atoms with Crippen LogP contribution in [0.1, 0.15) is 13.8 Å². The van der Waals surface area contributed by atoms with Gasteiger partial charge in [0.2, 0.25) is 0 Å². The normalized spacial score (nSPS) is 47.2. The summed E-state index contributed by atoms with van der Waals surface area (Å²) in [6.07, 6.45) is -20.3. The molecule has 0 bridgehead atoms. The molecule has 0 radical (unpaired) electrons. The fourth-order valence-corrected chi connectivity index (χ4v) is 4.80. The van der Waals surface area contributed by atoms with Gasteiger partial charge in [-0.3, -0.25) is 0 Å². The Morgan fingerprint density at radius 2 is 0.805 bits per heavy atom. The van der Waals surface area contributed by atoms with Crippen molar-refractivity contribution in [3.63, 3.8) is 0 Å². The maximum absolute atomic E-state index is 10.4. The minimum Gasteiger partial charge on any atom is -0.394 e. The average molecular weight is 605 g/mol. The lowest BCUT2D eigenvalue weighted by molar-refractivity contribution is -0.325. The molecule has 3 fully saturated rings. The maximum atomic E-state index is 10.4. The van der Waals surface area contributed by atoms with E-state index < -0.39 is 117 Å². The van der Waals surface area contributed by atoms with Crippen molar-refractivity contribution in [2.45, 2.75) is 99.9 Å². The van der Waals surface area contributed by atoms with Crippen molar-refractivity contribution < 1.29 is 84.6 Å². The third kappa shape index (κ3) is 7.89. The summed E-state index contributed by atoms with van der Waals surface area (Å²) in [6.45, 7) is 0.221. The molecule has 0 amide bonds. The third-order valence-electron chi connectivity index (χ3n) is 7.67. The number of hydrogen-bond donors (Lipinski definition) is 11. The molecule has 3 aliphatic heterocycles. The molecule has 3 heterocycles. The predicted octanol–water partition coefficient (Wildman–Crippen LogP) is -6.28. The van der Waals surface area contributed by atoms with Crippen LogP contribution in [0, 0.1) is 11.3 Å². The van der Waals surface area contributed by atoms with Crippen LogP contribution >= 0.6 is 0 Å². The highest BCUT2D eigenvalue weighted by Gasteiger charge is 2.48. The zero-order chi connectivity index (χ0) is 30.6. The van der Waals surface area contributed by atoms with Crippen LogP contribution in [-0.4, -0.2) is 182 Å². The minimum atomic E-state index is -1.70. The Morgan fingerprint density at radius 1 is 0.488 bits per heavy atom. The topological polar surface area (TPSA) is 278 Å². The predicted molar refractivity (Wildman–Crippen MR) is 130 cm³/mol. The van der Waals surface area contributed by atoms with Crippen molar-refractivity contribution >= 4 is 0 Å². The molecule has 11 N–H and O–H groups in total. The molecule has 0 aromatic rings. The Balaban J connectivity index is 1.73. The molecular weight excluding hydrogens is 560 g/mol. The van der Waals surface area contributed by atoms with Gasteiger partial charge in [0.15, 0.2) is 18.9 Å². The molecule has 15 atom stereocenters. The zero-order valence-corrected chi connectivity index (χ0v) is 22.8. The van der Waals surface area contributed by atoms with Crippen LogP contribution in [-0.2, 0) is 28.4 Å². The minimum absolute atomic E-state index is 0.266. The Kier molecular flexibility index (Phi) is 12.6. The first-order valence-electron chi connectivity index (χ1n) is 13.4. The summed E-state index contributed by atoms with van der Waals surface area (Å²) in [4.78, 5) is 0. The first-order valence-corrected chi connectivity index (χ1v) is 13.4. The first-order chi connectivity index (χ1) is 19.3. The smallest absolute Gasteiger partial charge is 0.186 e. The van der Waals surface area contributed by atoms with Crippen molar-refractivity contribution in [2.75, 3.05) is 39.6 Å². The van der Waals surface area contributed by atoms with E-state index in [1.54, 1.807) is 13.8 Å². The van der Waals surface area contributed by atoms with Crippen LogP contribution in [0.3, 0.4) is 0 Å². The van der Waals surface area contributed by atoms with Crippen molar-refractivity contribution in [2.24, 2.45) is 11.3 Å². The molecule has 3 aliphatic rings. The molecule has 0 aromatic carbocycles. The van der Waals surface area contributed by atoms with Gasteiger partial charge in [-0.25, -0.2) is 0 Å². The number of ether oxygens (including phenoxy) is 6. The van der Waals surface area contributed by atoms with Gasteiger partial charge in [-0.05, 0) is 0 Å². The van der Waals surface area contributed by atoms with Gasteiger partial charge in [0.1, 0.15) is 61.0 Å². The summed E-state index contributed by atoms with van der Waals surface area (Å²) in [5.74, 6) is -0.741. The second-order valence-electron chi connectivity index (χ2n) is 11.2. The van der Waals surface area contributed by atoms with E-state index in [1.807, 2.05) is 0 Å². The van der Waals surface area contributed by atoms with Crippen molar-refractivity contribution in [1.82, 2.24) is 0 Å². The second-order valence-corrected chi connectivity index (χ2v) is 11.2. The molecule has 242 valence electrons. The highest BCUT2D eigenvalue weighted by molar-refractivity contribution is 4.91. The van der Waals surface area contributed by atoms with Crippen LogP contribution in [0.2, 0.25) is 0 Å². The van der Waals surface area contributed by atoms with Crippen LogP contribution < -0.4 is 0 Å². The van der Waals surface area contributed by atoms with Crippen LogP contribution in [0.5, 0.6) is 0 Å². The fraction of sp³-hybridized carbons (Fsp3) is 1.00. The van der Waals surface area contributed by atoms with E-state index in [9.17, 15) is 56.2 Å². The molecule has 0 saturated carbocycles. The lowest BCUT2D eigenvalue weighted by Gasteiger charge is -2.44. The van der Waals surface area contributed by atoms with Gasteiger partial charge in [-0.1, -0.05) is 13.8 Å².